The molecule has 8 heteroatoms. The number of anilines is 1. The van der Waals surface area contributed by atoms with Gasteiger partial charge in [0.25, 0.3) is 0 Å². The molecule has 0 saturated carbocycles. The highest BCUT2D eigenvalue weighted by Gasteiger charge is 2.28. The zero-order valence-electron chi connectivity index (χ0n) is 14.8. The third-order valence-corrected chi connectivity index (χ3v) is 7.17. The predicted molar refractivity (Wildman–Crippen MR) is 96.5 cm³/mol. The SMILES string of the molecule is CC(C)(C)S(=O)(=O)Nc1ccccc1.CNS(=O)(=O)C(C)(C)C. The Balaban J connectivity index is 0.000000468. The van der Waals surface area contributed by atoms with Crippen molar-refractivity contribution >= 4 is 25.7 Å². The molecule has 0 fully saturated rings. The molecular weight excluding hydrogens is 336 g/mol. The molecule has 0 bridgehead atoms. The molecule has 134 valence electrons. The van der Waals surface area contributed by atoms with Gasteiger partial charge in [-0.25, -0.2) is 21.6 Å². The average Bonchev–Trinajstić information content (AvgIpc) is 2.37. The van der Waals surface area contributed by atoms with Crippen LogP contribution in [0.25, 0.3) is 0 Å². The molecule has 1 aromatic carbocycles. The van der Waals surface area contributed by atoms with E-state index in [0.29, 0.717) is 5.69 Å². The maximum absolute atomic E-state index is 11.7. The summed E-state index contributed by atoms with van der Waals surface area (Å²) in [6.07, 6.45) is 0. The summed E-state index contributed by atoms with van der Waals surface area (Å²) in [5.41, 5.74) is 0.599. The number of rotatable bonds is 3. The van der Waals surface area contributed by atoms with Crippen LogP contribution >= 0.6 is 0 Å². The van der Waals surface area contributed by atoms with E-state index in [4.69, 9.17) is 0 Å². The topological polar surface area (TPSA) is 92.3 Å². The molecule has 6 nitrogen and oxygen atoms in total. The third kappa shape index (κ3) is 6.88. The molecule has 0 aliphatic carbocycles. The van der Waals surface area contributed by atoms with Crippen LogP contribution in [0.1, 0.15) is 41.5 Å². The molecule has 23 heavy (non-hydrogen) atoms. The van der Waals surface area contributed by atoms with Crippen LogP contribution in [-0.2, 0) is 20.0 Å². The van der Waals surface area contributed by atoms with Gasteiger partial charge in [-0.1, -0.05) is 18.2 Å². The summed E-state index contributed by atoms with van der Waals surface area (Å²) in [6, 6.07) is 8.88. The van der Waals surface area contributed by atoms with E-state index in [0.717, 1.165) is 0 Å². The lowest BCUT2D eigenvalue weighted by Gasteiger charge is -2.20. The minimum Gasteiger partial charge on any atom is -0.283 e. The molecule has 0 aliphatic rings. The molecule has 0 aromatic heterocycles. The van der Waals surface area contributed by atoms with E-state index in [1.807, 2.05) is 6.07 Å². The van der Waals surface area contributed by atoms with E-state index in [9.17, 15) is 16.8 Å². The van der Waals surface area contributed by atoms with Crippen molar-refractivity contribution in [2.24, 2.45) is 0 Å². The molecule has 0 atom stereocenters. The molecule has 0 heterocycles. The number of para-hydroxylation sites is 1. The van der Waals surface area contributed by atoms with Crippen LogP contribution in [0.2, 0.25) is 0 Å². The monoisotopic (exact) mass is 364 g/mol. The van der Waals surface area contributed by atoms with Crippen molar-refractivity contribution in [2.45, 2.75) is 51.0 Å². The number of hydrogen-bond donors (Lipinski definition) is 2. The van der Waals surface area contributed by atoms with Gasteiger partial charge in [-0.05, 0) is 60.7 Å². The second-order valence-electron chi connectivity index (χ2n) is 6.90. The molecule has 0 amide bonds. The second kappa shape index (κ2) is 7.63. The van der Waals surface area contributed by atoms with Crippen LogP contribution in [-0.4, -0.2) is 33.4 Å². The van der Waals surface area contributed by atoms with E-state index in [2.05, 4.69) is 9.44 Å². The Morgan fingerprint density at radius 3 is 1.39 bits per heavy atom. The molecule has 0 unspecified atom stereocenters. The zero-order chi connectivity index (χ0) is 18.5. The molecule has 0 aliphatic heterocycles. The molecule has 0 radical (unpaired) electrons. The average molecular weight is 365 g/mol. The van der Waals surface area contributed by atoms with Crippen molar-refractivity contribution in [3.05, 3.63) is 30.3 Å². The van der Waals surface area contributed by atoms with Gasteiger partial charge in [0.15, 0.2) is 0 Å². The predicted octanol–water partition coefficient (Wildman–Crippen LogP) is 2.56. The minimum absolute atomic E-state index is 0.599. The van der Waals surface area contributed by atoms with Crippen LogP contribution in [0, 0.1) is 0 Å². The van der Waals surface area contributed by atoms with Crippen LogP contribution in [0.15, 0.2) is 30.3 Å². The van der Waals surface area contributed by atoms with E-state index in [1.165, 1.54) is 7.05 Å². The van der Waals surface area contributed by atoms with Crippen molar-refractivity contribution in [1.82, 2.24) is 4.72 Å². The van der Waals surface area contributed by atoms with Crippen molar-refractivity contribution in [2.75, 3.05) is 11.8 Å². The Labute approximate surface area is 140 Å². The Morgan fingerprint density at radius 2 is 1.13 bits per heavy atom. The summed E-state index contributed by atoms with van der Waals surface area (Å²) in [4.78, 5) is 0. The van der Waals surface area contributed by atoms with Gasteiger partial charge in [0.2, 0.25) is 20.0 Å². The highest BCUT2D eigenvalue weighted by Crippen LogP contribution is 2.18. The standard InChI is InChI=1S/C10H15NO2S.C5H13NO2S/c1-10(2,3)14(12,13)11-9-7-5-4-6-8-9;1-5(2,3)9(7,8)6-4/h4-8,11H,1-3H3;6H,1-4H3. The van der Waals surface area contributed by atoms with Crippen molar-refractivity contribution in [3.8, 4) is 0 Å². The lowest BCUT2D eigenvalue weighted by atomic mass is 10.3. The Morgan fingerprint density at radius 1 is 0.739 bits per heavy atom. The highest BCUT2D eigenvalue weighted by atomic mass is 32.2. The first-order valence-electron chi connectivity index (χ1n) is 7.14. The van der Waals surface area contributed by atoms with Gasteiger partial charge in [0, 0.05) is 5.69 Å². The number of nitrogens with one attached hydrogen (secondary N) is 2. The van der Waals surface area contributed by atoms with Crippen molar-refractivity contribution in [1.29, 1.82) is 0 Å². The van der Waals surface area contributed by atoms with Crippen molar-refractivity contribution in [3.63, 3.8) is 0 Å². The number of hydrogen-bond acceptors (Lipinski definition) is 4. The molecule has 2 N–H and O–H groups in total. The maximum Gasteiger partial charge on any atom is 0.237 e. The first kappa shape index (κ1) is 21.9. The summed E-state index contributed by atoms with van der Waals surface area (Å²) in [7, 11) is -4.97. The summed E-state index contributed by atoms with van der Waals surface area (Å²) in [5, 5.41) is 0. The van der Waals surface area contributed by atoms with Crippen LogP contribution in [0.4, 0.5) is 5.69 Å². The zero-order valence-corrected chi connectivity index (χ0v) is 16.5. The smallest absolute Gasteiger partial charge is 0.237 e. The number of sulfonamides is 2. The molecule has 1 rings (SSSR count). The first-order chi connectivity index (χ1) is 10.1. The van der Waals surface area contributed by atoms with Gasteiger partial charge in [0.05, 0.1) is 9.49 Å². The summed E-state index contributed by atoms with van der Waals surface area (Å²) in [6.45, 7) is 9.95. The Kier molecular flexibility index (Phi) is 7.26. The summed E-state index contributed by atoms with van der Waals surface area (Å²) in [5.74, 6) is 0. The van der Waals surface area contributed by atoms with Gasteiger partial charge in [0.1, 0.15) is 0 Å². The lowest BCUT2D eigenvalue weighted by Crippen LogP contribution is -2.37. The third-order valence-electron chi connectivity index (χ3n) is 2.91. The fourth-order valence-electron chi connectivity index (χ4n) is 1.12. The molecular formula is C15H28N2O4S2. The van der Waals surface area contributed by atoms with Gasteiger partial charge in [-0.3, -0.25) is 4.72 Å². The largest absolute Gasteiger partial charge is 0.283 e. The molecule has 1 aromatic rings. The minimum atomic E-state index is -3.30. The fourth-order valence-corrected chi connectivity index (χ4v) is 2.49. The van der Waals surface area contributed by atoms with Crippen LogP contribution in [0.5, 0.6) is 0 Å². The van der Waals surface area contributed by atoms with E-state index in [-0.39, 0.29) is 0 Å². The van der Waals surface area contributed by atoms with E-state index in [1.54, 1.807) is 65.8 Å². The summed E-state index contributed by atoms with van der Waals surface area (Å²) < 4.78 is 48.5. The van der Waals surface area contributed by atoms with E-state index >= 15 is 0 Å². The second-order valence-corrected chi connectivity index (χ2v) is 12.0. The fraction of sp³-hybridized carbons (Fsp3) is 0.600. The van der Waals surface area contributed by atoms with Crippen molar-refractivity contribution < 1.29 is 16.8 Å². The quantitative estimate of drug-likeness (QED) is 0.862. The highest BCUT2D eigenvalue weighted by molar-refractivity contribution is 7.94. The van der Waals surface area contributed by atoms with Gasteiger partial charge in [-0.15, -0.1) is 0 Å². The normalized spacial score (nSPS) is 13.0. The Bertz CT molecular complexity index is 683. The van der Waals surface area contributed by atoms with E-state index < -0.39 is 29.5 Å². The molecule has 0 saturated heterocycles. The van der Waals surface area contributed by atoms with Crippen LogP contribution in [0.3, 0.4) is 0 Å². The number of benzene rings is 1. The first-order valence-corrected chi connectivity index (χ1v) is 10.1. The van der Waals surface area contributed by atoms with Crippen LogP contribution < -0.4 is 9.44 Å². The van der Waals surface area contributed by atoms with Gasteiger partial charge < -0.3 is 0 Å². The van der Waals surface area contributed by atoms with Gasteiger partial charge >= 0.3 is 0 Å². The summed E-state index contributed by atoms with van der Waals surface area (Å²) >= 11 is 0. The maximum atomic E-state index is 11.7. The Hall–Kier alpha value is -1.12. The van der Waals surface area contributed by atoms with Gasteiger partial charge in [-0.2, -0.15) is 0 Å². The molecule has 0 spiro atoms. The lowest BCUT2D eigenvalue weighted by molar-refractivity contribution is 0.551.